The van der Waals surface area contributed by atoms with E-state index in [0.717, 1.165) is 45.9 Å². The van der Waals surface area contributed by atoms with E-state index in [1.807, 2.05) is 25.2 Å². The Bertz CT molecular complexity index is 929. The van der Waals surface area contributed by atoms with Crippen LogP contribution in [0, 0.1) is 5.92 Å². The molecule has 2 heterocycles. The number of thiazole rings is 1. The van der Waals surface area contributed by atoms with Gasteiger partial charge in [0.15, 0.2) is 0 Å². The molecule has 8 heteroatoms. The van der Waals surface area contributed by atoms with E-state index in [2.05, 4.69) is 21.3 Å². The minimum atomic E-state index is 0.237. The van der Waals surface area contributed by atoms with E-state index in [9.17, 15) is 5.11 Å². The van der Waals surface area contributed by atoms with Gasteiger partial charge in [0.05, 0.1) is 15.8 Å². The molecule has 2 aromatic heterocycles. The van der Waals surface area contributed by atoms with Gasteiger partial charge >= 0.3 is 0 Å². The predicted molar refractivity (Wildman–Crippen MR) is 112 cm³/mol. The van der Waals surface area contributed by atoms with Gasteiger partial charge in [-0.05, 0) is 37.3 Å². The Morgan fingerprint density at radius 1 is 1.26 bits per heavy atom. The Morgan fingerprint density at radius 3 is 2.78 bits per heavy atom. The fourth-order valence-corrected chi connectivity index (χ4v) is 5.01. The molecule has 0 saturated heterocycles. The summed E-state index contributed by atoms with van der Waals surface area (Å²) in [6.07, 6.45) is 3.00. The number of anilines is 2. The number of hydrogen-bond donors (Lipinski definition) is 2. The molecule has 6 nitrogen and oxygen atoms in total. The van der Waals surface area contributed by atoms with Crippen LogP contribution < -0.4 is 10.2 Å². The summed E-state index contributed by atoms with van der Waals surface area (Å²) in [6, 6.07) is 8.35. The van der Waals surface area contributed by atoms with Gasteiger partial charge in [-0.3, -0.25) is 0 Å². The Hall–Kier alpha value is -1.96. The third-order valence-electron chi connectivity index (χ3n) is 5.23. The molecule has 0 bridgehead atoms. The summed E-state index contributed by atoms with van der Waals surface area (Å²) in [5, 5.41) is 13.7. The first-order valence-corrected chi connectivity index (χ1v) is 10.2. The Kier molecular flexibility index (Phi) is 5.16. The number of aliphatic hydroxyl groups is 1. The van der Waals surface area contributed by atoms with Crippen molar-refractivity contribution in [3.63, 3.8) is 0 Å². The van der Waals surface area contributed by atoms with E-state index in [4.69, 9.17) is 21.6 Å². The number of nitrogens with one attached hydrogen (secondary N) is 1. The summed E-state index contributed by atoms with van der Waals surface area (Å²) in [5.41, 5.74) is 1.72. The van der Waals surface area contributed by atoms with E-state index in [0.29, 0.717) is 23.1 Å². The molecular formula is C19H22ClN5OS. The summed E-state index contributed by atoms with van der Waals surface area (Å²) in [4.78, 5) is 16.0. The van der Waals surface area contributed by atoms with Crippen molar-refractivity contribution in [1.29, 1.82) is 0 Å². The molecule has 27 heavy (non-hydrogen) atoms. The summed E-state index contributed by atoms with van der Waals surface area (Å²) in [5.74, 6) is 1.62. The highest BCUT2D eigenvalue weighted by molar-refractivity contribution is 7.21. The van der Waals surface area contributed by atoms with Crippen molar-refractivity contribution in [3.05, 3.63) is 29.4 Å². The van der Waals surface area contributed by atoms with Crippen molar-refractivity contribution < 1.29 is 5.11 Å². The number of aromatic nitrogens is 3. The highest BCUT2D eigenvalue weighted by Crippen LogP contribution is 2.41. The lowest BCUT2D eigenvalue weighted by molar-refractivity contribution is 0.228. The maximum Gasteiger partial charge on any atom is 0.225 e. The van der Waals surface area contributed by atoms with Crippen molar-refractivity contribution in [1.82, 2.24) is 15.0 Å². The Labute approximate surface area is 167 Å². The number of halogens is 1. The Morgan fingerprint density at radius 2 is 2.07 bits per heavy atom. The number of aliphatic hydroxyl groups excluding tert-OH is 1. The molecule has 0 unspecified atom stereocenters. The fourth-order valence-electron chi connectivity index (χ4n) is 3.69. The van der Waals surface area contributed by atoms with Gasteiger partial charge in [0, 0.05) is 26.7 Å². The van der Waals surface area contributed by atoms with Crippen LogP contribution >= 0.6 is 22.9 Å². The topological polar surface area (TPSA) is 74.2 Å². The maximum absolute atomic E-state index is 9.49. The molecule has 2 atom stereocenters. The average Bonchev–Trinajstić information content (AvgIpc) is 3.33. The highest BCUT2D eigenvalue weighted by atomic mass is 35.5. The first-order chi connectivity index (χ1) is 13.1. The molecule has 1 fully saturated rings. The second kappa shape index (κ2) is 7.58. The van der Waals surface area contributed by atoms with Gasteiger partial charge in [0.25, 0.3) is 0 Å². The summed E-state index contributed by atoms with van der Waals surface area (Å²) in [6.45, 7) is 0.237. The minimum Gasteiger partial charge on any atom is -0.396 e. The molecule has 0 aliphatic heterocycles. The van der Waals surface area contributed by atoms with Gasteiger partial charge in [0.1, 0.15) is 16.0 Å². The molecule has 0 spiro atoms. The van der Waals surface area contributed by atoms with Crippen molar-refractivity contribution >= 4 is 44.9 Å². The lowest BCUT2D eigenvalue weighted by Gasteiger charge is -2.28. The number of rotatable bonds is 5. The SMILES string of the molecule is CNc1nc(Cl)c(-c2nc3ccccc3s2)c(N(C)[C@H]2CC[C@@H](CO)C2)n1. The van der Waals surface area contributed by atoms with E-state index in [1.54, 1.807) is 18.4 Å². The third kappa shape index (κ3) is 3.47. The van der Waals surface area contributed by atoms with Gasteiger partial charge in [-0.25, -0.2) is 9.97 Å². The van der Waals surface area contributed by atoms with E-state index in [-0.39, 0.29) is 6.61 Å². The zero-order chi connectivity index (χ0) is 19.0. The van der Waals surface area contributed by atoms with Crippen molar-refractivity contribution in [3.8, 4) is 10.6 Å². The zero-order valence-corrected chi connectivity index (χ0v) is 16.9. The number of para-hydroxylation sites is 1. The number of fused-ring (bicyclic) bond motifs is 1. The lowest BCUT2D eigenvalue weighted by atomic mass is 10.1. The van der Waals surface area contributed by atoms with Gasteiger partial charge in [-0.15, -0.1) is 11.3 Å². The second-order valence-electron chi connectivity index (χ2n) is 6.90. The largest absolute Gasteiger partial charge is 0.396 e. The van der Waals surface area contributed by atoms with Gasteiger partial charge in [-0.2, -0.15) is 4.98 Å². The number of benzene rings is 1. The molecule has 1 aliphatic carbocycles. The first-order valence-electron chi connectivity index (χ1n) is 9.05. The summed E-state index contributed by atoms with van der Waals surface area (Å²) >= 11 is 8.19. The fraction of sp³-hybridized carbons (Fsp3) is 0.421. The summed E-state index contributed by atoms with van der Waals surface area (Å²) in [7, 11) is 3.82. The second-order valence-corrected chi connectivity index (χ2v) is 8.29. The lowest BCUT2D eigenvalue weighted by Crippen LogP contribution is -2.31. The molecule has 1 aliphatic rings. The van der Waals surface area contributed by atoms with Crippen LogP contribution in [-0.2, 0) is 0 Å². The van der Waals surface area contributed by atoms with Crippen LogP contribution in [0.15, 0.2) is 24.3 Å². The summed E-state index contributed by atoms with van der Waals surface area (Å²) < 4.78 is 1.11. The molecule has 142 valence electrons. The monoisotopic (exact) mass is 403 g/mol. The quantitative estimate of drug-likeness (QED) is 0.626. The molecular weight excluding hydrogens is 382 g/mol. The molecule has 1 saturated carbocycles. The highest BCUT2D eigenvalue weighted by Gasteiger charge is 2.30. The molecule has 1 aromatic carbocycles. The number of nitrogens with zero attached hydrogens (tertiary/aromatic N) is 4. The van der Waals surface area contributed by atoms with Crippen LogP contribution in [0.5, 0.6) is 0 Å². The number of hydrogen-bond acceptors (Lipinski definition) is 7. The predicted octanol–water partition coefficient (Wildman–Crippen LogP) is 4.05. The molecule has 0 amide bonds. The molecule has 3 aromatic rings. The van der Waals surface area contributed by atoms with Crippen LogP contribution in [-0.4, -0.2) is 46.8 Å². The van der Waals surface area contributed by atoms with Crippen LogP contribution in [0.4, 0.5) is 11.8 Å². The van der Waals surface area contributed by atoms with E-state index >= 15 is 0 Å². The minimum absolute atomic E-state index is 0.237. The molecule has 4 rings (SSSR count). The van der Waals surface area contributed by atoms with Gasteiger partial charge in [-0.1, -0.05) is 23.7 Å². The first kappa shape index (κ1) is 18.4. The van der Waals surface area contributed by atoms with Gasteiger partial charge in [0.2, 0.25) is 5.95 Å². The van der Waals surface area contributed by atoms with E-state index < -0.39 is 0 Å². The van der Waals surface area contributed by atoms with Crippen molar-refractivity contribution in [2.45, 2.75) is 25.3 Å². The zero-order valence-electron chi connectivity index (χ0n) is 15.3. The van der Waals surface area contributed by atoms with Crippen LogP contribution in [0.3, 0.4) is 0 Å². The van der Waals surface area contributed by atoms with Crippen LogP contribution in [0.1, 0.15) is 19.3 Å². The van der Waals surface area contributed by atoms with Crippen LogP contribution in [0.25, 0.3) is 20.8 Å². The molecule has 2 N–H and O–H groups in total. The Balaban J connectivity index is 1.81. The third-order valence-corrected chi connectivity index (χ3v) is 6.56. The average molecular weight is 404 g/mol. The van der Waals surface area contributed by atoms with E-state index in [1.165, 1.54) is 0 Å². The normalized spacial score (nSPS) is 19.6. The van der Waals surface area contributed by atoms with Gasteiger partial charge < -0.3 is 15.3 Å². The molecule has 0 radical (unpaired) electrons. The van der Waals surface area contributed by atoms with Crippen molar-refractivity contribution in [2.24, 2.45) is 5.92 Å². The maximum atomic E-state index is 9.49. The van der Waals surface area contributed by atoms with Crippen molar-refractivity contribution in [2.75, 3.05) is 30.9 Å². The van der Waals surface area contributed by atoms with Crippen LogP contribution in [0.2, 0.25) is 5.15 Å². The standard InChI is InChI=1S/C19H22ClN5OS/c1-21-19-23-16(20)15(18-22-13-5-3-4-6-14(13)27-18)17(24-19)25(2)12-8-7-11(9-12)10-26/h3-6,11-12,26H,7-10H2,1-2H3,(H,21,23,24)/t11-,12+/m1/s1. The smallest absolute Gasteiger partial charge is 0.225 e.